The molecule has 5 heteroatoms. The quantitative estimate of drug-likeness (QED) is 0.787. The summed E-state index contributed by atoms with van der Waals surface area (Å²) >= 11 is 0. The van der Waals surface area contributed by atoms with Gasteiger partial charge in [0.25, 0.3) is 0 Å². The standard InChI is InChI=1S/C14H24N4O/c1-12-6-7-16-14(17-12)18-9-4-3-5-13(18)11-15-8-10-19-2/h6-7,13,15H,3-5,8-11H2,1-2H3. The number of aromatic nitrogens is 2. The molecule has 0 bridgehead atoms. The number of aryl methyl sites for hydroxylation is 1. The lowest BCUT2D eigenvalue weighted by molar-refractivity contribution is 0.198. The van der Waals surface area contributed by atoms with Gasteiger partial charge in [0.15, 0.2) is 0 Å². The van der Waals surface area contributed by atoms with Crippen molar-refractivity contribution in [3.63, 3.8) is 0 Å². The minimum Gasteiger partial charge on any atom is -0.383 e. The van der Waals surface area contributed by atoms with Crippen LogP contribution >= 0.6 is 0 Å². The van der Waals surface area contributed by atoms with Gasteiger partial charge in [-0.25, -0.2) is 9.97 Å². The van der Waals surface area contributed by atoms with Gasteiger partial charge in [-0.15, -0.1) is 0 Å². The van der Waals surface area contributed by atoms with Crippen LogP contribution in [0, 0.1) is 6.92 Å². The van der Waals surface area contributed by atoms with Crippen LogP contribution in [0.25, 0.3) is 0 Å². The first-order chi connectivity index (χ1) is 9.31. The van der Waals surface area contributed by atoms with Gasteiger partial charge < -0.3 is 15.0 Å². The van der Waals surface area contributed by atoms with Crippen LogP contribution in [0.2, 0.25) is 0 Å². The Morgan fingerprint density at radius 1 is 1.47 bits per heavy atom. The molecular formula is C14H24N4O. The highest BCUT2D eigenvalue weighted by Crippen LogP contribution is 2.21. The lowest BCUT2D eigenvalue weighted by Crippen LogP contribution is -2.46. The van der Waals surface area contributed by atoms with E-state index in [1.165, 1.54) is 19.3 Å². The molecule has 1 saturated heterocycles. The Balaban J connectivity index is 1.95. The van der Waals surface area contributed by atoms with Crippen molar-refractivity contribution in [2.45, 2.75) is 32.2 Å². The van der Waals surface area contributed by atoms with Crippen molar-refractivity contribution in [3.8, 4) is 0 Å². The van der Waals surface area contributed by atoms with E-state index in [0.717, 1.165) is 37.9 Å². The van der Waals surface area contributed by atoms with Gasteiger partial charge in [-0.2, -0.15) is 0 Å². The third kappa shape index (κ3) is 4.14. The molecule has 0 spiro atoms. The number of nitrogens with one attached hydrogen (secondary N) is 1. The maximum atomic E-state index is 5.06. The fourth-order valence-electron chi connectivity index (χ4n) is 2.49. The summed E-state index contributed by atoms with van der Waals surface area (Å²) in [5.41, 5.74) is 1.03. The van der Waals surface area contributed by atoms with Gasteiger partial charge in [-0.1, -0.05) is 0 Å². The second kappa shape index (κ2) is 7.40. The average molecular weight is 264 g/mol. The topological polar surface area (TPSA) is 50.3 Å². The second-order valence-corrected chi connectivity index (χ2v) is 5.04. The Morgan fingerprint density at radius 3 is 3.16 bits per heavy atom. The Bertz CT molecular complexity index is 385. The van der Waals surface area contributed by atoms with E-state index in [9.17, 15) is 0 Å². The normalized spacial score (nSPS) is 19.7. The largest absolute Gasteiger partial charge is 0.383 e. The van der Waals surface area contributed by atoms with Crippen LogP contribution in [-0.2, 0) is 4.74 Å². The predicted molar refractivity (Wildman–Crippen MR) is 76.5 cm³/mol. The van der Waals surface area contributed by atoms with E-state index in [0.29, 0.717) is 6.04 Å². The number of methoxy groups -OCH3 is 1. The van der Waals surface area contributed by atoms with Gasteiger partial charge in [0.1, 0.15) is 0 Å². The summed E-state index contributed by atoms with van der Waals surface area (Å²) < 4.78 is 5.06. The van der Waals surface area contributed by atoms with E-state index in [-0.39, 0.29) is 0 Å². The Kier molecular flexibility index (Phi) is 5.54. The third-order valence-electron chi connectivity index (χ3n) is 3.53. The van der Waals surface area contributed by atoms with Gasteiger partial charge in [0.05, 0.1) is 6.61 Å². The molecule has 1 fully saturated rings. The third-order valence-corrected chi connectivity index (χ3v) is 3.53. The van der Waals surface area contributed by atoms with Crippen molar-refractivity contribution in [1.29, 1.82) is 0 Å². The number of rotatable bonds is 6. The zero-order valence-corrected chi connectivity index (χ0v) is 11.9. The maximum Gasteiger partial charge on any atom is 0.225 e. The van der Waals surface area contributed by atoms with E-state index in [4.69, 9.17) is 4.74 Å². The second-order valence-electron chi connectivity index (χ2n) is 5.04. The van der Waals surface area contributed by atoms with Crippen molar-refractivity contribution in [2.24, 2.45) is 0 Å². The van der Waals surface area contributed by atoms with Crippen molar-refractivity contribution >= 4 is 5.95 Å². The number of hydrogen-bond donors (Lipinski definition) is 1. The molecule has 1 N–H and O–H groups in total. The highest BCUT2D eigenvalue weighted by molar-refractivity contribution is 5.32. The molecule has 1 aromatic rings. The molecule has 106 valence electrons. The lowest BCUT2D eigenvalue weighted by Gasteiger charge is -2.36. The summed E-state index contributed by atoms with van der Waals surface area (Å²) in [6, 6.07) is 2.44. The molecule has 0 saturated carbocycles. The molecule has 0 aromatic carbocycles. The fourth-order valence-corrected chi connectivity index (χ4v) is 2.49. The van der Waals surface area contributed by atoms with Crippen LogP contribution in [0.5, 0.6) is 0 Å². The van der Waals surface area contributed by atoms with Gasteiger partial charge in [-0.3, -0.25) is 0 Å². The first-order valence-corrected chi connectivity index (χ1v) is 7.07. The van der Waals surface area contributed by atoms with E-state index < -0.39 is 0 Å². The molecule has 2 heterocycles. The smallest absolute Gasteiger partial charge is 0.225 e. The van der Waals surface area contributed by atoms with Crippen LogP contribution < -0.4 is 10.2 Å². The van der Waals surface area contributed by atoms with Crippen LogP contribution in [0.3, 0.4) is 0 Å². The molecule has 2 rings (SSSR count). The van der Waals surface area contributed by atoms with Crippen molar-refractivity contribution in [2.75, 3.05) is 38.3 Å². The van der Waals surface area contributed by atoms with Crippen molar-refractivity contribution < 1.29 is 4.74 Å². The highest BCUT2D eigenvalue weighted by atomic mass is 16.5. The first kappa shape index (κ1) is 14.2. The van der Waals surface area contributed by atoms with Crippen LogP contribution in [0.15, 0.2) is 12.3 Å². The summed E-state index contributed by atoms with van der Waals surface area (Å²) in [6.07, 6.45) is 5.57. The van der Waals surface area contributed by atoms with Crippen molar-refractivity contribution in [3.05, 3.63) is 18.0 Å². The van der Waals surface area contributed by atoms with Gasteiger partial charge in [-0.05, 0) is 32.3 Å². The van der Waals surface area contributed by atoms with E-state index >= 15 is 0 Å². The molecule has 0 radical (unpaired) electrons. The molecule has 0 aliphatic carbocycles. The Hall–Kier alpha value is -1.20. The molecule has 1 aromatic heterocycles. The molecule has 5 nitrogen and oxygen atoms in total. The molecule has 1 aliphatic heterocycles. The zero-order chi connectivity index (χ0) is 13.5. The van der Waals surface area contributed by atoms with Crippen LogP contribution in [-0.4, -0.2) is 49.4 Å². The molecule has 1 unspecified atom stereocenters. The number of ether oxygens (including phenoxy) is 1. The molecular weight excluding hydrogens is 240 g/mol. The van der Waals surface area contributed by atoms with Crippen LogP contribution in [0.4, 0.5) is 5.95 Å². The summed E-state index contributed by atoms with van der Waals surface area (Å²) in [4.78, 5) is 11.3. The highest BCUT2D eigenvalue weighted by Gasteiger charge is 2.24. The van der Waals surface area contributed by atoms with E-state index in [1.54, 1.807) is 7.11 Å². The van der Waals surface area contributed by atoms with Crippen LogP contribution in [0.1, 0.15) is 25.0 Å². The lowest BCUT2D eigenvalue weighted by atomic mass is 10.0. The zero-order valence-electron chi connectivity index (χ0n) is 11.9. The maximum absolute atomic E-state index is 5.06. The minimum atomic E-state index is 0.493. The van der Waals surface area contributed by atoms with E-state index in [1.807, 2.05) is 19.2 Å². The SMILES string of the molecule is COCCNCC1CCCCN1c1nccc(C)n1. The van der Waals surface area contributed by atoms with Gasteiger partial charge in [0.2, 0.25) is 5.95 Å². The summed E-state index contributed by atoms with van der Waals surface area (Å²) in [5, 5.41) is 3.45. The predicted octanol–water partition coefficient (Wildman–Crippen LogP) is 1.38. The molecule has 1 aliphatic rings. The van der Waals surface area contributed by atoms with Gasteiger partial charge in [0, 0.05) is 44.7 Å². The Morgan fingerprint density at radius 2 is 2.37 bits per heavy atom. The summed E-state index contributed by atoms with van der Waals surface area (Å²) in [5.74, 6) is 0.873. The summed E-state index contributed by atoms with van der Waals surface area (Å²) in [7, 11) is 1.73. The monoisotopic (exact) mass is 264 g/mol. The number of nitrogens with zero attached hydrogens (tertiary/aromatic N) is 3. The average Bonchev–Trinajstić information content (AvgIpc) is 2.44. The van der Waals surface area contributed by atoms with Gasteiger partial charge >= 0.3 is 0 Å². The number of piperidine rings is 1. The molecule has 0 amide bonds. The fraction of sp³-hybridized carbons (Fsp3) is 0.714. The minimum absolute atomic E-state index is 0.493. The van der Waals surface area contributed by atoms with Crippen molar-refractivity contribution in [1.82, 2.24) is 15.3 Å². The number of hydrogen-bond acceptors (Lipinski definition) is 5. The molecule has 1 atom stereocenters. The molecule has 19 heavy (non-hydrogen) atoms. The van der Waals surface area contributed by atoms with E-state index in [2.05, 4.69) is 20.2 Å². The summed E-state index contributed by atoms with van der Waals surface area (Å²) in [6.45, 7) is 5.70. The number of anilines is 1. The Labute approximate surface area is 115 Å². The first-order valence-electron chi connectivity index (χ1n) is 7.07.